The quantitative estimate of drug-likeness (QED) is 0.778. The molecule has 2 rings (SSSR count). The standard InChI is InChI=1S/C18H23FN2O3/c1-12(2)21(11-15-7-9-17(23)20-15)18(24)10-8-16(22)13-3-5-14(19)6-4-13/h3-6,12,15H,7-11H2,1-2H3,(H,20,23). The van der Waals surface area contributed by atoms with Gasteiger partial charge in [-0.1, -0.05) is 0 Å². The van der Waals surface area contributed by atoms with Crippen LogP contribution in [-0.2, 0) is 9.59 Å². The summed E-state index contributed by atoms with van der Waals surface area (Å²) >= 11 is 0. The van der Waals surface area contributed by atoms with Crippen LogP contribution in [0.4, 0.5) is 4.39 Å². The maximum Gasteiger partial charge on any atom is 0.223 e. The van der Waals surface area contributed by atoms with Gasteiger partial charge in [-0.25, -0.2) is 4.39 Å². The molecule has 1 aliphatic rings. The van der Waals surface area contributed by atoms with Crippen molar-refractivity contribution in [3.8, 4) is 0 Å². The Morgan fingerprint density at radius 3 is 2.46 bits per heavy atom. The molecule has 1 aromatic carbocycles. The molecular weight excluding hydrogens is 311 g/mol. The van der Waals surface area contributed by atoms with Gasteiger partial charge in [0.25, 0.3) is 0 Å². The maximum absolute atomic E-state index is 12.9. The smallest absolute Gasteiger partial charge is 0.223 e. The molecule has 0 spiro atoms. The maximum atomic E-state index is 12.9. The van der Waals surface area contributed by atoms with Crippen molar-refractivity contribution in [1.29, 1.82) is 0 Å². The number of hydrogen-bond acceptors (Lipinski definition) is 3. The highest BCUT2D eigenvalue weighted by Gasteiger charge is 2.26. The van der Waals surface area contributed by atoms with Crippen LogP contribution >= 0.6 is 0 Å². The van der Waals surface area contributed by atoms with E-state index in [2.05, 4.69) is 5.32 Å². The summed E-state index contributed by atoms with van der Waals surface area (Å²) in [6.45, 7) is 4.29. The third-order valence-corrected chi connectivity index (χ3v) is 4.18. The van der Waals surface area contributed by atoms with E-state index in [1.807, 2.05) is 13.8 Å². The first-order chi connectivity index (χ1) is 11.4. The highest BCUT2D eigenvalue weighted by atomic mass is 19.1. The zero-order chi connectivity index (χ0) is 17.7. The summed E-state index contributed by atoms with van der Waals surface area (Å²) in [5.74, 6) is -0.669. The van der Waals surface area contributed by atoms with Crippen molar-refractivity contribution in [3.63, 3.8) is 0 Å². The van der Waals surface area contributed by atoms with Crippen molar-refractivity contribution in [2.45, 2.75) is 51.6 Å². The van der Waals surface area contributed by atoms with Gasteiger partial charge >= 0.3 is 0 Å². The second kappa shape index (κ2) is 8.04. The summed E-state index contributed by atoms with van der Waals surface area (Å²) in [5.41, 5.74) is 0.406. The molecule has 1 aromatic rings. The number of halogens is 1. The van der Waals surface area contributed by atoms with E-state index in [1.54, 1.807) is 4.90 Å². The highest BCUT2D eigenvalue weighted by Crippen LogP contribution is 2.13. The summed E-state index contributed by atoms with van der Waals surface area (Å²) in [7, 11) is 0. The third-order valence-electron chi connectivity index (χ3n) is 4.18. The number of rotatable bonds is 7. The average molecular weight is 334 g/mol. The Bertz CT molecular complexity index is 613. The Morgan fingerprint density at radius 2 is 1.92 bits per heavy atom. The second-order valence-corrected chi connectivity index (χ2v) is 6.37. The Hall–Kier alpha value is -2.24. The lowest BCUT2D eigenvalue weighted by atomic mass is 10.1. The van der Waals surface area contributed by atoms with Gasteiger partial charge < -0.3 is 10.2 Å². The topological polar surface area (TPSA) is 66.5 Å². The number of benzene rings is 1. The monoisotopic (exact) mass is 334 g/mol. The molecule has 1 saturated heterocycles. The number of Topliss-reactive ketones (excluding diaryl/α,β-unsaturated/α-hetero) is 1. The van der Waals surface area contributed by atoms with Gasteiger partial charge in [0.15, 0.2) is 5.78 Å². The van der Waals surface area contributed by atoms with Gasteiger partial charge in [-0.2, -0.15) is 0 Å². The van der Waals surface area contributed by atoms with Crippen LogP contribution in [0.3, 0.4) is 0 Å². The number of carbonyl (C=O) groups excluding carboxylic acids is 3. The number of nitrogens with zero attached hydrogens (tertiary/aromatic N) is 1. The third kappa shape index (κ3) is 4.88. The number of nitrogens with one attached hydrogen (secondary N) is 1. The first-order valence-electron chi connectivity index (χ1n) is 8.24. The predicted molar refractivity (Wildman–Crippen MR) is 88.0 cm³/mol. The van der Waals surface area contributed by atoms with Gasteiger partial charge in [0.2, 0.25) is 11.8 Å². The van der Waals surface area contributed by atoms with Crippen molar-refractivity contribution in [1.82, 2.24) is 10.2 Å². The lowest BCUT2D eigenvalue weighted by molar-refractivity contribution is -0.133. The van der Waals surface area contributed by atoms with E-state index in [9.17, 15) is 18.8 Å². The van der Waals surface area contributed by atoms with Gasteiger partial charge in [-0.15, -0.1) is 0 Å². The van der Waals surface area contributed by atoms with Crippen LogP contribution in [0.2, 0.25) is 0 Å². The van der Waals surface area contributed by atoms with E-state index in [0.29, 0.717) is 18.5 Å². The van der Waals surface area contributed by atoms with Crippen LogP contribution in [0, 0.1) is 5.82 Å². The molecule has 1 heterocycles. The number of ketones is 1. The Balaban J connectivity index is 1.89. The zero-order valence-corrected chi connectivity index (χ0v) is 14.0. The van der Waals surface area contributed by atoms with Crippen molar-refractivity contribution in [2.24, 2.45) is 0 Å². The minimum Gasteiger partial charge on any atom is -0.352 e. The van der Waals surface area contributed by atoms with Crippen LogP contribution in [0.15, 0.2) is 24.3 Å². The Morgan fingerprint density at radius 1 is 1.25 bits per heavy atom. The number of carbonyl (C=O) groups is 3. The van der Waals surface area contributed by atoms with Crippen LogP contribution in [0.25, 0.3) is 0 Å². The minimum atomic E-state index is -0.396. The molecule has 6 heteroatoms. The minimum absolute atomic E-state index is 0.00377. The van der Waals surface area contributed by atoms with Gasteiger partial charge in [0, 0.05) is 43.5 Å². The first-order valence-corrected chi connectivity index (χ1v) is 8.24. The van der Waals surface area contributed by atoms with E-state index in [-0.39, 0.29) is 42.5 Å². The van der Waals surface area contributed by atoms with E-state index in [0.717, 1.165) is 6.42 Å². The van der Waals surface area contributed by atoms with E-state index >= 15 is 0 Å². The second-order valence-electron chi connectivity index (χ2n) is 6.37. The predicted octanol–water partition coefficient (Wildman–Crippen LogP) is 2.30. The molecular formula is C18H23FN2O3. The summed E-state index contributed by atoms with van der Waals surface area (Å²) in [5, 5.41) is 2.85. The van der Waals surface area contributed by atoms with E-state index in [1.165, 1.54) is 24.3 Å². The molecule has 24 heavy (non-hydrogen) atoms. The van der Waals surface area contributed by atoms with Crippen molar-refractivity contribution >= 4 is 17.6 Å². The fourth-order valence-electron chi connectivity index (χ4n) is 2.80. The summed E-state index contributed by atoms with van der Waals surface area (Å²) in [4.78, 5) is 37.5. The van der Waals surface area contributed by atoms with Crippen molar-refractivity contribution in [3.05, 3.63) is 35.6 Å². The summed E-state index contributed by atoms with van der Waals surface area (Å²) in [6.07, 6.45) is 1.41. The van der Waals surface area contributed by atoms with E-state index < -0.39 is 5.82 Å². The highest BCUT2D eigenvalue weighted by molar-refractivity contribution is 5.97. The lowest BCUT2D eigenvalue weighted by Crippen LogP contribution is -2.45. The molecule has 1 aliphatic heterocycles. The molecule has 0 bridgehead atoms. The molecule has 0 radical (unpaired) electrons. The fourth-order valence-corrected chi connectivity index (χ4v) is 2.80. The normalized spacial score (nSPS) is 17.0. The zero-order valence-electron chi connectivity index (χ0n) is 14.0. The molecule has 1 fully saturated rings. The SMILES string of the molecule is CC(C)N(CC1CCC(=O)N1)C(=O)CCC(=O)c1ccc(F)cc1. The van der Waals surface area contributed by atoms with Gasteiger partial charge in [0.05, 0.1) is 0 Å². The summed E-state index contributed by atoms with van der Waals surface area (Å²) < 4.78 is 12.9. The average Bonchev–Trinajstić information content (AvgIpc) is 2.95. The molecule has 0 saturated carbocycles. The van der Waals surface area contributed by atoms with Crippen molar-refractivity contribution < 1.29 is 18.8 Å². The van der Waals surface area contributed by atoms with Crippen LogP contribution in [0.1, 0.15) is 49.9 Å². The van der Waals surface area contributed by atoms with Crippen LogP contribution in [-0.4, -0.2) is 41.1 Å². The number of amides is 2. The number of hydrogen-bond donors (Lipinski definition) is 1. The van der Waals surface area contributed by atoms with E-state index in [4.69, 9.17) is 0 Å². The molecule has 5 nitrogen and oxygen atoms in total. The Kier molecular flexibility index (Phi) is 6.06. The molecule has 130 valence electrons. The largest absolute Gasteiger partial charge is 0.352 e. The van der Waals surface area contributed by atoms with Gasteiger partial charge in [-0.3, -0.25) is 14.4 Å². The lowest BCUT2D eigenvalue weighted by Gasteiger charge is -2.29. The summed E-state index contributed by atoms with van der Waals surface area (Å²) in [6, 6.07) is 5.30. The Labute approximate surface area is 141 Å². The molecule has 2 amide bonds. The van der Waals surface area contributed by atoms with Gasteiger partial charge in [0.1, 0.15) is 5.82 Å². The van der Waals surface area contributed by atoms with Crippen LogP contribution in [0.5, 0.6) is 0 Å². The molecule has 1 atom stereocenters. The van der Waals surface area contributed by atoms with Gasteiger partial charge in [-0.05, 0) is 44.5 Å². The molecule has 0 aromatic heterocycles. The first kappa shape index (κ1) is 18.1. The van der Waals surface area contributed by atoms with Crippen LogP contribution < -0.4 is 5.32 Å². The molecule has 0 aliphatic carbocycles. The fraction of sp³-hybridized carbons (Fsp3) is 0.500. The van der Waals surface area contributed by atoms with Crippen molar-refractivity contribution in [2.75, 3.05) is 6.54 Å². The molecule has 1 N–H and O–H groups in total. The molecule has 1 unspecified atom stereocenters.